The maximum atomic E-state index is 13.5. The van der Waals surface area contributed by atoms with Gasteiger partial charge in [-0.2, -0.15) is 0 Å². The van der Waals surface area contributed by atoms with E-state index in [1.807, 2.05) is 0 Å². The zero-order valence-corrected chi connectivity index (χ0v) is 25.4. The first-order valence-corrected chi connectivity index (χ1v) is 15.3. The number of carbonyl (C=O) groups is 2. The summed E-state index contributed by atoms with van der Waals surface area (Å²) in [7, 11) is 1.51. The van der Waals surface area contributed by atoms with Crippen molar-refractivity contribution in [2.45, 2.75) is 119 Å². The molecule has 5 nitrogen and oxygen atoms in total. The van der Waals surface area contributed by atoms with Gasteiger partial charge in [0.05, 0.1) is 18.6 Å². The molecule has 0 aliphatic heterocycles. The summed E-state index contributed by atoms with van der Waals surface area (Å²) in [4.78, 5) is 25.4. The molecule has 0 aromatic heterocycles. The Balaban J connectivity index is 1.60. The van der Waals surface area contributed by atoms with E-state index in [-0.39, 0.29) is 45.6 Å². The number of hydrogen-bond acceptors (Lipinski definition) is 5. The second kappa shape index (κ2) is 8.82. The van der Waals surface area contributed by atoms with Gasteiger partial charge >= 0.3 is 11.9 Å². The fourth-order valence-electron chi connectivity index (χ4n) is 11.5. The third-order valence-electron chi connectivity index (χ3n) is 13.9. The Bertz CT molecular complexity index is 1030. The van der Waals surface area contributed by atoms with Crippen LogP contribution in [0.3, 0.4) is 0 Å². The number of methoxy groups -OCH3 is 1. The zero-order chi connectivity index (χ0) is 28.1. The standard InChI is InChI=1S/C33H52O5/c1-19-12-17-33(28(36)37-9)18-25(35)32(8)22(27(33)20(19)2)10-11-24-30(6)15-14-26(38-21(3)34)29(4,5)23(30)13-16-31(24,32)7/h10,19-20,23-27,35H,11-18H2,1-9H3. The molecule has 5 heteroatoms. The van der Waals surface area contributed by atoms with Gasteiger partial charge in [-0.05, 0) is 91.8 Å². The van der Waals surface area contributed by atoms with Gasteiger partial charge in [0.1, 0.15) is 6.10 Å². The molecule has 38 heavy (non-hydrogen) atoms. The fraction of sp³-hybridized carbons (Fsp3) is 0.879. The Morgan fingerprint density at radius 2 is 1.66 bits per heavy atom. The van der Waals surface area contributed by atoms with E-state index >= 15 is 0 Å². The minimum atomic E-state index is -0.625. The lowest BCUT2D eigenvalue weighted by molar-refractivity contribution is -0.231. The first kappa shape index (κ1) is 28.2. The van der Waals surface area contributed by atoms with E-state index < -0.39 is 11.5 Å². The quantitative estimate of drug-likeness (QED) is 0.318. The van der Waals surface area contributed by atoms with Crippen molar-refractivity contribution in [1.82, 2.24) is 0 Å². The molecule has 11 unspecified atom stereocenters. The summed E-state index contributed by atoms with van der Waals surface area (Å²) in [6, 6.07) is 0. The van der Waals surface area contributed by atoms with E-state index in [0.717, 1.165) is 44.9 Å². The second-order valence-electron chi connectivity index (χ2n) is 15.3. The van der Waals surface area contributed by atoms with Gasteiger partial charge in [-0.25, -0.2) is 0 Å². The van der Waals surface area contributed by atoms with Gasteiger partial charge in [-0.15, -0.1) is 0 Å². The van der Waals surface area contributed by atoms with E-state index in [2.05, 4.69) is 54.5 Å². The van der Waals surface area contributed by atoms with Crippen molar-refractivity contribution in [3.63, 3.8) is 0 Å². The summed E-state index contributed by atoms with van der Waals surface area (Å²) < 4.78 is 11.3. The highest BCUT2D eigenvalue weighted by Gasteiger charge is 2.72. The number of ether oxygens (including phenoxy) is 2. The lowest BCUT2D eigenvalue weighted by Crippen LogP contribution is -2.69. The lowest BCUT2D eigenvalue weighted by Gasteiger charge is -2.72. The van der Waals surface area contributed by atoms with E-state index in [4.69, 9.17) is 9.47 Å². The fourth-order valence-corrected chi connectivity index (χ4v) is 11.5. The van der Waals surface area contributed by atoms with Crippen molar-refractivity contribution in [2.75, 3.05) is 7.11 Å². The van der Waals surface area contributed by atoms with E-state index in [9.17, 15) is 14.7 Å². The summed E-state index contributed by atoms with van der Waals surface area (Å²) >= 11 is 0. The molecule has 214 valence electrons. The molecule has 4 saturated carbocycles. The highest BCUT2D eigenvalue weighted by Crippen LogP contribution is 2.75. The smallest absolute Gasteiger partial charge is 0.312 e. The number of allylic oxidation sites excluding steroid dienone is 1. The van der Waals surface area contributed by atoms with Gasteiger partial charge in [-0.1, -0.05) is 60.1 Å². The summed E-state index contributed by atoms with van der Waals surface area (Å²) in [5.74, 6) is 1.59. The van der Waals surface area contributed by atoms with Crippen molar-refractivity contribution in [3.05, 3.63) is 11.6 Å². The number of fused-ring (bicyclic) bond motifs is 7. The van der Waals surface area contributed by atoms with Crippen LogP contribution < -0.4 is 0 Å². The molecule has 11 atom stereocenters. The minimum Gasteiger partial charge on any atom is -0.469 e. The van der Waals surface area contributed by atoms with Gasteiger partial charge in [0.15, 0.2) is 0 Å². The largest absolute Gasteiger partial charge is 0.469 e. The predicted molar refractivity (Wildman–Crippen MR) is 148 cm³/mol. The molecule has 5 aliphatic rings. The highest BCUT2D eigenvalue weighted by atomic mass is 16.5. The molecular formula is C33H52O5. The molecule has 5 rings (SSSR count). The van der Waals surface area contributed by atoms with Crippen LogP contribution in [0.15, 0.2) is 11.6 Å². The monoisotopic (exact) mass is 528 g/mol. The van der Waals surface area contributed by atoms with Crippen LogP contribution in [-0.2, 0) is 19.1 Å². The lowest BCUT2D eigenvalue weighted by atomic mass is 9.33. The van der Waals surface area contributed by atoms with Crippen molar-refractivity contribution < 1.29 is 24.2 Å². The molecule has 0 aromatic rings. The van der Waals surface area contributed by atoms with Crippen LogP contribution in [0, 0.1) is 56.7 Å². The second-order valence-corrected chi connectivity index (χ2v) is 15.3. The van der Waals surface area contributed by atoms with Crippen molar-refractivity contribution in [1.29, 1.82) is 0 Å². The maximum Gasteiger partial charge on any atom is 0.312 e. The van der Waals surface area contributed by atoms with E-state index in [1.54, 1.807) is 0 Å². The number of rotatable bonds is 2. The van der Waals surface area contributed by atoms with Gasteiger partial charge in [0.25, 0.3) is 0 Å². The average molecular weight is 529 g/mol. The van der Waals surface area contributed by atoms with E-state index in [1.165, 1.54) is 19.6 Å². The summed E-state index contributed by atoms with van der Waals surface area (Å²) in [6.07, 6.45) is 9.19. The van der Waals surface area contributed by atoms with Crippen molar-refractivity contribution in [3.8, 4) is 0 Å². The van der Waals surface area contributed by atoms with Crippen LogP contribution in [0.5, 0.6) is 0 Å². The van der Waals surface area contributed by atoms with Crippen LogP contribution in [0.4, 0.5) is 0 Å². The molecule has 5 aliphatic carbocycles. The molecule has 0 aromatic carbocycles. The molecule has 0 radical (unpaired) electrons. The number of aliphatic hydroxyl groups excluding tert-OH is 1. The predicted octanol–water partition coefficient (Wildman–Crippen LogP) is 6.72. The Morgan fingerprint density at radius 1 is 0.974 bits per heavy atom. The summed E-state index contributed by atoms with van der Waals surface area (Å²) in [5.41, 5.74) is 0.265. The Labute approximate surface area is 230 Å². The van der Waals surface area contributed by atoms with Gasteiger partial charge in [0, 0.05) is 17.8 Å². The summed E-state index contributed by atoms with van der Waals surface area (Å²) in [6.45, 7) is 18.1. The molecule has 4 fully saturated rings. The van der Waals surface area contributed by atoms with Gasteiger partial charge in [-0.3, -0.25) is 9.59 Å². The number of aliphatic hydroxyl groups is 1. The molecule has 0 spiro atoms. The Hall–Kier alpha value is -1.36. The molecule has 0 saturated heterocycles. The first-order valence-electron chi connectivity index (χ1n) is 15.3. The minimum absolute atomic E-state index is 0.0433. The zero-order valence-electron chi connectivity index (χ0n) is 25.4. The normalized spacial score (nSPS) is 51.3. The highest BCUT2D eigenvalue weighted by molar-refractivity contribution is 5.79. The summed E-state index contributed by atoms with van der Waals surface area (Å²) in [5, 5.41) is 12.2. The first-order chi connectivity index (χ1) is 17.6. The van der Waals surface area contributed by atoms with Gasteiger partial charge < -0.3 is 14.6 Å². The number of esters is 2. The molecule has 1 N–H and O–H groups in total. The molecule has 0 bridgehead atoms. The average Bonchev–Trinajstić information content (AvgIpc) is 2.84. The molecular weight excluding hydrogens is 476 g/mol. The maximum absolute atomic E-state index is 13.5. The molecule has 0 amide bonds. The Morgan fingerprint density at radius 3 is 2.29 bits per heavy atom. The van der Waals surface area contributed by atoms with Gasteiger partial charge in [0.2, 0.25) is 0 Å². The molecule has 0 heterocycles. The topological polar surface area (TPSA) is 72.8 Å². The van der Waals surface area contributed by atoms with Crippen LogP contribution in [0.25, 0.3) is 0 Å². The third kappa shape index (κ3) is 3.38. The number of hydrogen-bond donors (Lipinski definition) is 1. The SMILES string of the molecule is COC(=O)C12CCC(C)C(C)C1C1=CCC3C4(C)CCC(OC(C)=O)C(C)(C)C4CCC3(C)C1(C)C(O)C2. The third-order valence-corrected chi connectivity index (χ3v) is 13.9. The van der Waals surface area contributed by atoms with Crippen molar-refractivity contribution >= 4 is 11.9 Å². The Kier molecular flexibility index (Phi) is 6.54. The van der Waals surface area contributed by atoms with Crippen LogP contribution in [0.2, 0.25) is 0 Å². The van der Waals surface area contributed by atoms with Crippen molar-refractivity contribution in [2.24, 2.45) is 56.7 Å². The van der Waals surface area contributed by atoms with Crippen LogP contribution >= 0.6 is 0 Å². The van der Waals surface area contributed by atoms with Crippen LogP contribution in [-0.4, -0.2) is 36.4 Å². The number of carbonyl (C=O) groups excluding carboxylic acids is 2. The van der Waals surface area contributed by atoms with Crippen LogP contribution in [0.1, 0.15) is 107 Å². The van der Waals surface area contributed by atoms with E-state index in [0.29, 0.717) is 30.1 Å².